The number of hydrogen-bond acceptors (Lipinski definition) is 4. The van der Waals surface area contributed by atoms with Gasteiger partial charge in [0.15, 0.2) is 0 Å². The molecule has 1 N–H and O–H groups in total. The second kappa shape index (κ2) is 11.2. The number of hydrogen-bond donors (Lipinski definition) is 1. The van der Waals surface area contributed by atoms with E-state index in [0.717, 1.165) is 14.9 Å². The Morgan fingerprint density at radius 3 is 2.60 bits per heavy atom. The van der Waals surface area contributed by atoms with Crippen LogP contribution in [0.3, 0.4) is 0 Å². The zero-order chi connectivity index (χ0) is 21.3. The molecule has 30 heavy (non-hydrogen) atoms. The number of amides is 1. The molecule has 0 fully saturated rings. The molecule has 0 aliphatic carbocycles. The van der Waals surface area contributed by atoms with Crippen molar-refractivity contribution in [2.24, 2.45) is 5.10 Å². The molecular weight excluding hydrogens is 491 g/mol. The van der Waals surface area contributed by atoms with E-state index in [0.29, 0.717) is 16.3 Å². The molecule has 3 aromatic carbocycles. The third-order valence-electron chi connectivity index (χ3n) is 3.86. The first-order valence-electron chi connectivity index (χ1n) is 8.87. The predicted molar refractivity (Wildman–Crippen MR) is 123 cm³/mol. The van der Waals surface area contributed by atoms with E-state index < -0.39 is 0 Å². The molecule has 0 atom stereocenters. The number of carbonyl (C=O) groups excluding carboxylic acids is 1. The van der Waals surface area contributed by atoms with Gasteiger partial charge in [0.25, 0.3) is 0 Å². The fraction of sp³-hybridized carbons (Fsp3) is 0.0909. The largest absolute Gasteiger partial charge is 0.488 e. The molecule has 0 aliphatic rings. The Balaban J connectivity index is 1.55. The maximum atomic E-state index is 13.0. The van der Waals surface area contributed by atoms with Crippen LogP contribution in [0.4, 0.5) is 4.39 Å². The lowest BCUT2D eigenvalue weighted by molar-refractivity contribution is -0.118. The minimum Gasteiger partial charge on any atom is -0.488 e. The number of nitrogens with zero attached hydrogens (tertiary/aromatic N) is 1. The van der Waals surface area contributed by atoms with E-state index in [1.54, 1.807) is 30.3 Å². The number of thioether (sulfide) groups is 1. The molecule has 0 unspecified atom stereocenters. The number of halogens is 3. The van der Waals surface area contributed by atoms with Crippen molar-refractivity contribution in [3.8, 4) is 5.75 Å². The van der Waals surface area contributed by atoms with Gasteiger partial charge in [-0.15, -0.1) is 11.8 Å². The Hall–Kier alpha value is -2.35. The summed E-state index contributed by atoms with van der Waals surface area (Å²) in [6.45, 7) is 0.285. The summed E-state index contributed by atoms with van der Waals surface area (Å²) in [7, 11) is 0. The first-order valence-corrected chi connectivity index (χ1v) is 11.0. The van der Waals surface area contributed by atoms with Gasteiger partial charge in [-0.25, -0.2) is 9.82 Å². The Kier molecular flexibility index (Phi) is 8.30. The summed E-state index contributed by atoms with van der Waals surface area (Å²) in [6.07, 6.45) is 1.52. The summed E-state index contributed by atoms with van der Waals surface area (Å²) in [5, 5.41) is 4.68. The minimum absolute atomic E-state index is 0.227. The highest BCUT2D eigenvalue weighted by Crippen LogP contribution is 2.23. The fourth-order valence-electron chi connectivity index (χ4n) is 2.38. The van der Waals surface area contributed by atoms with Crippen LogP contribution >= 0.6 is 39.3 Å². The summed E-state index contributed by atoms with van der Waals surface area (Å²) in [5.41, 5.74) is 4.04. The first kappa shape index (κ1) is 22.3. The monoisotopic (exact) mass is 506 g/mol. The topological polar surface area (TPSA) is 50.7 Å². The van der Waals surface area contributed by atoms with Crippen molar-refractivity contribution in [1.82, 2.24) is 5.43 Å². The molecule has 0 heterocycles. The summed E-state index contributed by atoms with van der Waals surface area (Å²) < 4.78 is 19.7. The molecule has 0 radical (unpaired) electrons. The van der Waals surface area contributed by atoms with Gasteiger partial charge in [0.05, 0.1) is 12.0 Å². The second-order valence-corrected chi connectivity index (χ2v) is 8.53. The lowest BCUT2D eigenvalue weighted by Gasteiger charge is -2.10. The molecule has 3 rings (SSSR count). The maximum absolute atomic E-state index is 13.0. The number of nitrogens with one attached hydrogen (secondary N) is 1. The van der Waals surface area contributed by atoms with E-state index in [1.807, 2.05) is 24.3 Å². The quantitative estimate of drug-likeness (QED) is 0.229. The highest BCUT2D eigenvalue weighted by atomic mass is 79.9. The van der Waals surface area contributed by atoms with Gasteiger partial charge >= 0.3 is 0 Å². The smallest absolute Gasteiger partial charge is 0.250 e. The number of rotatable bonds is 8. The second-order valence-electron chi connectivity index (χ2n) is 6.13. The van der Waals surface area contributed by atoms with Gasteiger partial charge < -0.3 is 4.74 Å². The average Bonchev–Trinajstić information content (AvgIpc) is 2.74. The summed E-state index contributed by atoms with van der Waals surface area (Å²) in [6, 6.07) is 18.9. The van der Waals surface area contributed by atoms with E-state index in [9.17, 15) is 9.18 Å². The number of carbonyl (C=O) groups is 1. The van der Waals surface area contributed by atoms with Gasteiger partial charge in [0, 0.05) is 20.0 Å². The lowest BCUT2D eigenvalue weighted by atomic mass is 10.2. The van der Waals surface area contributed by atoms with Gasteiger partial charge in [0.2, 0.25) is 5.91 Å². The van der Waals surface area contributed by atoms with Gasteiger partial charge in [0.1, 0.15) is 18.2 Å². The molecular formula is C22H17BrClFN2O2S. The predicted octanol–water partition coefficient (Wildman–Crippen LogP) is 6.06. The van der Waals surface area contributed by atoms with Crippen LogP contribution < -0.4 is 10.2 Å². The highest BCUT2D eigenvalue weighted by Gasteiger charge is 2.05. The Morgan fingerprint density at radius 2 is 1.87 bits per heavy atom. The van der Waals surface area contributed by atoms with Crippen molar-refractivity contribution in [3.63, 3.8) is 0 Å². The molecule has 154 valence electrons. The summed E-state index contributed by atoms with van der Waals surface area (Å²) >= 11 is 10.7. The van der Waals surface area contributed by atoms with Crippen molar-refractivity contribution in [1.29, 1.82) is 0 Å². The standard InChI is InChI=1S/C22H17BrClFN2O2S/c23-17-3-10-21(29-13-15-1-6-19(25)7-2-15)16(11-17)12-26-27-22(28)14-30-20-8-4-18(24)5-9-20/h1-12H,13-14H2,(H,27,28)/b26-12-. The van der Waals surface area contributed by atoms with E-state index in [1.165, 1.54) is 30.1 Å². The van der Waals surface area contributed by atoms with Crippen LogP contribution in [0, 0.1) is 5.82 Å². The molecule has 4 nitrogen and oxygen atoms in total. The van der Waals surface area contributed by atoms with Crippen LogP contribution in [-0.4, -0.2) is 17.9 Å². The molecule has 0 spiro atoms. The van der Waals surface area contributed by atoms with Crippen molar-refractivity contribution < 1.29 is 13.9 Å². The molecule has 0 saturated heterocycles. The third kappa shape index (κ3) is 7.16. The van der Waals surface area contributed by atoms with Gasteiger partial charge in [-0.05, 0) is 60.2 Å². The maximum Gasteiger partial charge on any atom is 0.250 e. The summed E-state index contributed by atoms with van der Waals surface area (Å²) in [4.78, 5) is 13.0. The van der Waals surface area contributed by atoms with Crippen LogP contribution in [0.15, 0.2) is 81.2 Å². The molecule has 0 aromatic heterocycles. The molecule has 8 heteroatoms. The van der Waals surface area contributed by atoms with Gasteiger partial charge in [-0.1, -0.05) is 39.7 Å². The average molecular weight is 508 g/mol. The minimum atomic E-state index is -0.291. The van der Waals surface area contributed by atoms with Crippen molar-refractivity contribution in [2.75, 3.05) is 5.75 Å². The van der Waals surface area contributed by atoms with Crippen molar-refractivity contribution in [3.05, 3.63) is 93.2 Å². The van der Waals surface area contributed by atoms with Crippen LogP contribution in [0.1, 0.15) is 11.1 Å². The van der Waals surface area contributed by atoms with Crippen LogP contribution in [0.5, 0.6) is 5.75 Å². The zero-order valence-electron chi connectivity index (χ0n) is 15.6. The third-order valence-corrected chi connectivity index (χ3v) is 5.61. The Bertz CT molecular complexity index is 1030. The van der Waals surface area contributed by atoms with Crippen molar-refractivity contribution in [2.45, 2.75) is 11.5 Å². The molecule has 0 saturated carbocycles. The Morgan fingerprint density at radius 1 is 1.13 bits per heavy atom. The lowest BCUT2D eigenvalue weighted by Crippen LogP contribution is -2.19. The van der Waals surface area contributed by atoms with E-state index in [2.05, 4.69) is 26.5 Å². The molecule has 3 aromatic rings. The molecule has 0 bridgehead atoms. The summed E-state index contributed by atoms with van der Waals surface area (Å²) in [5.74, 6) is 0.303. The van der Waals surface area contributed by atoms with E-state index in [4.69, 9.17) is 16.3 Å². The Labute approximate surface area is 191 Å². The van der Waals surface area contributed by atoms with Gasteiger partial charge in [-0.2, -0.15) is 5.10 Å². The van der Waals surface area contributed by atoms with Crippen molar-refractivity contribution >= 4 is 51.4 Å². The number of hydrazone groups is 1. The SMILES string of the molecule is O=C(CSc1ccc(Cl)cc1)N/N=C\c1cc(Br)ccc1OCc1ccc(F)cc1. The van der Waals surface area contributed by atoms with Gasteiger partial charge in [-0.3, -0.25) is 4.79 Å². The number of benzene rings is 3. The molecule has 1 amide bonds. The molecule has 0 aliphatic heterocycles. The van der Waals surface area contributed by atoms with E-state index in [-0.39, 0.29) is 24.1 Å². The van der Waals surface area contributed by atoms with E-state index >= 15 is 0 Å². The van der Waals surface area contributed by atoms with Crippen LogP contribution in [0.25, 0.3) is 0 Å². The highest BCUT2D eigenvalue weighted by molar-refractivity contribution is 9.10. The zero-order valence-corrected chi connectivity index (χ0v) is 18.8. The van der Waals surface area contributed by atoms with Crippen LogP contribution in [0.2, 0.25) is 5.02 Å². The normalized spacial score (nSPS) is 10.9. The van der Waals surface area contributed by atoms with Crippen LogP contribution in [-0.2, 0) is 11.4 Å². The number of ether oxygens (including phenoxy) is 1. The fourth-order valence-corrected chi connectivity index (χ4v) is 3.57. The first-order chi connectivity index (χ1) is 14.5.